The lowest BCUT2D eigenvalue weighted by atomic mass is 10.4. The third-order valence-corrected chi connectivity index (χ3v) is 3.37. The third kappa shape index (κ3) is 3.84. The molecule has 6 nitrogen and oxygen atoms in total. The molecular weight excluding hydrogens is 409 g/mol. The van der Waals surface area contributed by atoms with Crippen LogP contribution in [0.2, 0.25) is 0 Å². The standard InChI is InChI=1S/C11H11N5OS2.HI/c1-15-9(16-5-3-2-4-6-16)8(19-11(15)17)7-13-14-10(12)18;/h2-7H,1H3,(H2-,12,14,18);1H/b13-7+;. The van der Waals surface area contributed by atoms with E-state index in [1.54, 1.807) is 11.6 Å². The lowest BCUT2D eigenvalue weighted by Gasteiger charge is -1.98. The van der Waals surface area contributed by atoms with Crippen molar-refractivity contribution in [2.24, 2.45) is 17.9 Å². The summed E-state index contributed by atoms with van der Waals surface area (Å²) in [5, 5.41) is 3.96. The van der Waals surface area contributed by atoms with Crippen LogP contribution in [0.3, 0.4) is 0 Å². The van der Waals surface area contributed by atoms with Crippen molar-refractivity contribution < 1.29 is 28.5 Å². The lowest BCUT2D eigenvalue weighted by molar-refractivity contribution is -0.601. The van der Waals surface area contributed by atoms with E-state index in [4.69, 9.17) is 5.73 Å². The van der Waals surface area contributed by atoms with Crippen LogP contribution in [-0.4, -0.2) is 15.9 Å². The minimum absolute atomic E-state index is 0. The van der Waals surface area contributed by atoms with Crippen LogP contribution in [0.1, 0.15) is 4.88 Å². The molecule has 0 aliphatic heterocycles. The number of thiazole rings is 1. The molecule has 106 valence electrons. The third-order valence-electron chi connectivity index (χ3n) is 2.33. The highest BCUT2D eigenvalue weighted by atomic mass is 127. The quantitative estimate of drug-likeness (QED) is 0.181. The molecule has 3 N–H and O–H groups in total. The fourth-order valence-corrected chi connectivity index (χ4v) is 2.44. The minimum atomic E-state index is -0.0665. The van der Waals surface area contributed by atoms with Crippen LogP contribution in [0.4, 0.5) is 0 Å². The van der Waals surface area contributed by atoms with Gasteiger partial charge in [-0.2, -0.15) is 9.67 Å². The van der Waals surface area contributed by atoms with E-state index in [1.165, 1.54) is 6.21 Å². The largest absolute Gasteiger partial charge is 1.00 e. The van der Waals surface area contributed by atoms with Crippen LogP contribution in [0.5, 0.6) is 0 Å². The van der Waals surface area contributed by atoms with E-state index in [1.807, 2.05) is 35.2 Å². The molecule has 0 saturated heterocycles. The maximum absolute atomic E-state index is 11.8. The summed E-state index contributed by atoms with van der Waals surface area (Å²) in [6.07, 6.45) is 5.25. The molecule has 0 atom stereocenters. The normalized spacial score (nSPS) is 10.2. The molecule has 0 aliphatic rings. The Balaban J connectivity index is 0.00000200. The fourth-order valence-electron chi connectivity index (χ4n) is 1.54. The molecule has 9 heteroatoms. The highest BCUT2D eigenvalue weighted by Crippen LogP contribution is 2.08. The van der Waals surface area contributed by atoms with E-state index in [9.17, 15) is 4.79 Å². The zero-order valence-corrected chi connectivity index (χ0v) is 14.3. The van der Waals surface area contributed by atoms with Gasteiger partial charge in [0, 0.05) is 0 Å². The molecule has 2 aromatic rings. The summed E-state index contributed by atoms with van der Waals surface area (Å²) in [6, 6.07) is 5.68. The number of halogens is 1. The van der Waals surface area contributed by atoms with Gasteiger partial charge in [0.15, 0.2) is 5.11 Å². The van der Waals surface area contributed by atoms with Crippen LogP contribution in [0.15, 0.2) is 40.5 Å². The molecule has 0 amide bonds. The summed E-state index contributed by atoms with van der Waals surface area (Å²) in [5.74, 6) is 0.740. The maximum atomic E-state index is 11.8. The number of thiocarbonyl (C=S) groups is 1. The van der Waals surface area contributed by atoms with Gasteiger partial charge >= 0.3 is 10.7 Å². The number of hydrogen-bond acceptors (Lipinski definition) is 4. The van der Waals surface area contributed by atoms with Gasteiger partial charge in [0.2, 0.25) is 0 Å². The Morgan fingerprint density at radius 2 is 2.15 bits per heavy atom. The van der Waals surface area contributed by atoms with Crippen molar-refractivity contribution in [3.8, 4) is 5.82 Å². The summed E-state index contributed by atoms with van der Waals surface area (Å²) in [7, 11) is 1.71. The van der Waals surface area contributed by atoms with Gasteiger partial charge in [-0.3, -0.25) is 5.43 Å². The van der Waals surface area contributed by atoms with E-state index in [0.717, 1.165) is 17.2 Å². The number of hydrazone groups is 1. The highest BCUT2D eigenvalue weighted by molar-refractivity contribution is 7.80. The monoisotopic (exact) mass is 421 g/mol. The van der Waals surface area contributed by atoms with Crippen molar-refractivity contribution >= 4 is 34.9 Å². The highest BCUT2D eigenvalue weighted by Gasteiger charge is 2.20. The van der Waals surface area contributed by atoms with Crippen molar-refractivity contribution in [2.45, 2.75) is 0 Å². The molecule has 0 bridgehead atoms. The number of nitrogens with zero attached hydrogens (tertiary/aromatic N) is 3. The topological polar surface area (TPSA) is 76.3 Å². The van der Waals surface area contributed by atoms with Gasteiger partial charge in [0.25, 0.3) is 0 Å². The molecule has 0 saturated carbocycles. The first-order valence-electron chi connectivity index (χ1n) is 5.34. The summed E-state index contributed by atoms with van der Waals surface area (Å²) < 4.78 is 3.41. The van der Waals surface area contributed by atoms with Crippen LogP contribution >= 0.6 is 23.6 Å². The first-order chi connectivity index (χ1) is 9.09. The summed E-state index contributed by atoms with van der Waals surface area (Å²) >= 11 is 5.75. The lowest BCUT2D eigenvalue weighted by Crippen LogP contribution is -3.00. The van der Waals surface area contributed by atoms with Crippen LogP contribution in [0.25, 0.3) is 5.82 Å². The zero-order chi connectivity index (χ0) is 13.8. The fraction of sp³-hybridized carbons (Fsp3) is 0.0909. The van der Waals surface area contributed by atoms with E-state index >= 15 is 0 Å². The number of nitrogens with one attached hydrogen (secondary N) is 1. The number of nitrogens with two attached hydrogens (primary N) is 1. The average molecular weight is 421 g/mol. The van der Waals surface area contributed by atoms with Crippen molar-refractivity contribution in [3.05, 3.63) is 45.1 Å². The second kappa shape index (κ2) is 7.45. The first-order valence-corrected chi connectivity index (χ1v) is 6.57. The van der Waals surface area contributed by atoms with Crippen molar-refractivity contribution in [1.29, 1.82) is 0 Å². The molecule has 20 heavy (non-hydrogen) atoms. The van der Waals surface area contributed by atoms with Crippen molar-refractivity contribution in [3.63, 3.8) is 0 Å². The van der Waals surface area contributed by atoms with E-state index in [-0.39, 0.29) is 34.0 Å². The second-order valence-electron chi connectivity index (χ2n) is 3.63. The Bertz CT molecular complexity index is 680. The molecule has 0 unspecified atom stereocenters. The number of rotatable bonds is 3. The number of aromatic nitrogens is 2. The predicted octanol–water partition coefficient (Wildman–Crippen LogP) is -3.11. The van der Waals surface area contributed by atoms with Crippen LogP contribution < -0.4 is 44.6 Å². The number of hydrogen-bond donors (Lipinski definition) is 2. The Hall–Kier alpha value is -1.33. The molecule has 0 spiro atoms. The van der Waals surface area contributed by atoms with E-state index < -0.39 is 0 Å². The Kier molecular flexibility index (Phi) is 6.23. The second-order valence-corrected chi connectivity index (χ2v) is 5.06. The van der Waals surface area contributed by atoms with E-state index in [2.05, 4.69) is 22.7 Å². The van der Waals surface area contributed by atoms with E-state index in [0.29, 0.717) is 4.88 Å². The van der Waals surface area contributed by atoms with Gasteiger partial charge in [-0.25, -0.2) is 9.36 Å². The van der Waals surface area contributed by atoms with Gasteiger partial charge < -0.3 is 29.7 Å². The maximum Gasteiger partial charge on any atom is 0.392 e. The summed E-state index contributed by atoms with van der Waals surface area (Å²) in [4.78, 5) is 12.4. The minimum Gasteiger partial charge on any atom is -1.00 e. The molecule has 0 aliphatic carbocycles. The first kappa shape index (κ1) is 16.7. The molecule has 2 aromatic heterocycles. The number of pyridine rings is 1. The molecular formula is C11H12IN5OS2. The van der Waals surface area contributed by atoms with Gasteiger partial charge in [-0.15, -0.1) is 0 Å². The van der Waals surface area contributed by atoms with Crippen molar-refractivity contribution in [1.82, 2.24) is 9.99 Å². The molecule has 0 radical (unpaired) electrons. The molecule has 2 heterocycles. The van der Waals surface area contributed by atoms with Gasteiger partial charge in [-0.05, 0) is 35.7 Å². The average Bonchev–Trinajstić information content (AvgIpc) is 2.66. The smallest absolute Gasteiger partial charge is 0.392 e. The predicted molar refractivity (Wildman–Crippen MR) is 78.6 cm³/mol. The molecule has 0 fully saturated rings. The molecule has 0 aromatic carbocycles. The summed E-state index contributed by atoms with van der Waals surface area (Å²) in [5.41, 5.74) is 7.74. The Labute approximate surface area is 142 Å². The van der Waals surface area contributed by atoms with Crippen molar-refractivity contribution in [2.75, 3.05) is 0 Å². The summed E-state index contributed by atoms with van der Waals surface area (Å²) in [6.45, 7) is 0. The SMILES string of the molecule is Cn1c(-[n+]2ccccc2)c(/C=N/NC(N)=S)sc1=O.[I-]. The van der Waals surface area contributed by atoms with Gasteiger partial charge in [-0.1, -0.05) is 6.07 Å². The molecule has 2 rings (SSSR count). The van der Waals surface area contributed by atoms with Crippen LogP contribution in [0, 0.1) is 0 Å². The Morgan fingerprint density at radius 3 is 2.75 bits per heavy atom. The van der Waals surface area contributed by atoms with Gasteiger partial charge in [0.05, 0.1) is 25.7 Å². The van der Waals surface area contributed by atoms with Crippen LogP contribution in [-0.2, 0) is 7.05 Å². The zero-order valence-electron chi connectivity index (χ0n) is 10.5. The van der Waals surface area contributed by atoms with Gasteiger partial charge in [0.1, 0.15) is 4.88 Å². The Morgan fingerprint density at radius 1 is 1.50 bits per heavy atom.